The fourth-order valence-electron chi connectivity index (χ4n) is 3.25. The molecule has 2 N–H and O–H groups in total. The van der Waals surface area contributed by atoms with Crippen molar-refractivity contribution < 1.29 is 27.7 Å². The third-order valence-corrected chi connectivity index (χ3v) is 4.95. The maximum absolute atomic E-state index is 13.2. The third-order valence-electron chi connectivity index (χ3n) is 4.95. The largest absolute Gasteiger partial charge is 0.471 e. The van der Waals surface area contributed by atoms with Crippen molar-refractivity contribution in [1.82, 2.24) is 9.78 Å². The number of nitro benzene ring substituents is 1. The number of benzene rings is 3. The molecular weight excluding hydrogens is 479 g/mol. The van der Waals surface area contributed by atoms with Gasteiger partial charge in [-0.25, -0.2) is 0 Å². The van der Waals surface area contributed by atoms with Gasteiger partial charge in [-0.2, -0.15) is 23.0 Å². The Kier molecular flexibility index (Phi) is 6.50. The molecule has 0 bridgehead atoms. The minimum Gasteiger partial charge on any atom is -0.340 e. The molecule has 0 spiro atoms. The van der Waals surface area contributed by atoms with Crippen molar-refractivity contribution >= 4 is 34.7 Å². The van der Waals surface area contributed by atoms with Crippen molar-refractivity contribution in [3.8, 4) is 11.3 Å². The molecule has 12 heteroatoms. The van der Waals surface area contributed by atoms with Crippen molar-refractivity contribution in [3.63, 3.8) is 0 Å². The summed E-state index contributed by atoms with van der Waals surface area (Å²) < 4.78 is 38.9. The fraction of sp³-hybridized carbons (Fsp3) is 0.0417. The topological polar surface area (TPSA) is 119 Å². The van der Waals surface area contributed by atoms with E-state index in [4.69, 9.17) is 0 Å². The van der Waals surface area contributed by atoms with Gasteiger partial charge in [0.15, 0.2) is 0 Å². The molecule has 0 unspecified atom stereocenters. The Morgan fingerprint density at radius 2 is 1.56 bits per heavy atom. The van der Waals surface area contributed by atoms with E-state index >= 15 is 0 Å². The zero-order valence-electron chi connectivity index (χ0n) is 18.2. The second-order valence-corrected chi connectivity index (χ2v) is 7.46. The van der Waals surface area contributed by atoms with E-state index < -0.39 is 22.9 Å². The zero-order chi connectivity index (χ0) is 25.9. The van der Waals surface area contributed by atoms with Crippen molar-refractivity contribution in [3.05, 3.63) is 101 Å². The van der Waals surface area contributed by atoms with Crippen LogP contribution in [0.3, 0.4) is 0 Å². The summed E-state index contributed by atoms with van der Waals surface area (Å²) in [7, 11) is 0. The predicted octanol–water partition coefficient (Wildman–Crippen LogP) is 5.39. The van der Waals surface area contributed by atoms with Gasteiger partial charge in [-0.3, -0.25) is 19.7 Å². The van der Waals surface area contributed by atoms with Crippen LogP contribution in [-0.4, -0.2) is 32.7 Å². The molecule has 0 fully saturated rings. The standard InChI is InChI=1S/C24H16F3N5O4/c25-24(26,27)23(34)29-18-8-4-7-17(13-18)28-21-14-20(15-9-11-19(12-10-15)32(35)36)30-31(21)22(33)16-5-2-1-3-6-16/h1-14,28H,(H,29,34). The molecular formula is C24H16F3N5O4. The van der Waals surface area contributed by atoms with Crippen LogP contribution in [0.25, 0.3) is 11.3 Å². The summed E-state index contributed by atoms with van der Waals surface area (Å²) in [4.78, 5) is 34.8. The Hall–Kier alpha value is -5.00. The van der Waals surface area contributed by atoms with Crippen LogP contribution >= 0.6 is 0 Å². The summed E-state index contributed by atoms with van der Waals surface area (Å²) >= 11 is 0. The van der Waals surface area contributed by atoms with Crippen LogP contribution in [0.1, 0.15) is 10.4 Å². The number of amides is 1. The van der Waals surface area contributed by atoms with Crippen LogP contribution < -0.4 is 10.6 Å². The molecule has 0 aliphatic heterocycles. The van der Waals surface area contributed by atoms with Gasteiger partial charge in [0.1, 0.15) is 5.82 Å². The van der Waals surface area contributed by atoms with E-state index in [1.807, 2.05) is 0 Å². The summed E-state index contributed by atoms with van der Waals surface area (Å²) in [5, 5.41) is 20.0. The van der Waals surface area contributed by atoms with Gasteiger partial charge in [0, 0.05) is 40.7 Å². The van der Waals surface area contributed by atoms with Crippen LogP contribution in [0, 0.1) is 10.1 Å². The maximum Gasteiger partial charge on any atom is 0.471 e. The lowest BCUT2D eigenvalue weighted by molar-refractivity contribution is -0.384. The number of halogens is 3. The molecule has 9 nitrogen and oxygen atoms in total. The van der Waals surface area contributed by atoms with Gasteiger partial charge in [0.25, 0.3) is 11.6 Å². The number of carbonyl (C=O) groups excluding carboxylic acids is 2. The molecule has 4 aromatic rings. The maximum atomic E-state index is 13.2. The minimum absolute atomic E-state index is 0.113. The summed E-state index contributed by atoms with van der Waals surface area (Å²) in [6.07, 6.45) is -5.05. The Morgan fingerprint density at radius 1 is 0.889 bits per heavy atom. The molecule has 0 saturated heterocycles. The van der Waals surface area contributed by atoms with Crippen LogP contribution in [0.15, 0.2) is 84.9 Å². The molecule has 1 heterocycles. The molecule has 36 heavy (non-hydrogen) atoms. The highest BCUT2D eigenvalue weighted by atomic mass is 19.4. The van der Waals surface area contributed by atoms with Gasteiger partial charge >= 0.3 is 12.1 Å². The lowest BCUT2D eigenvalue weighted by Crippen LogP contribution is -2.29. The van der Waals surface area contributed by atoms with Gasteiger partial charge in [-0.15, -0.1) is 0 Å². The molecule has 182 valence electrons. The summed E-state index contributed by atoms with van der Waals surface area (Å²) in [5.41, 5.74) is 1.18. The first-order valence-electron chi connectivity index (χ1n) is 10.3. The Bertz CT molecular complexity index is 1430. The lowest BCUT2D eigenvalue weighted by atomic mass is 10.1. The molecule has 0 aliphatic carbocycles. The van der Waals surface area contributed by atoms with E-state index in [2.05, 4.69) is 10.4 Å². The average molecular weight is 495 g/mol. The van der Waals surface area contributed by atoms with Crippen LogP contribution in [0.5, 0.6) is 0 Å². The van der Waals surface area contributed by atoms with Gasteiger partial charge < -0.3 is 10.6 Å². The van der Waals surface area contributed by atoms with E-state index in [-0.39, 0.29) is 22.9 Å². The van der Waals surface area contributed by atoms with Crippen molar-refractivity contribution in [2.75, 3.05) is 10.6 Å². The van der Waals surface area contributed by atoms with Crippen molar-refractivity contribution in [2.45, 2.75) is 6.18 Å². The second kappa shape index (κ2) is 9.70. The number of carbonyl (C=O) groups is 2. The van der Waals surface area contributed by atoms with Crippen molar-refractivity contribution in [1.29, 1.82) is 0 Å². The predicted molar refractivity (Wildman–Crippen MR) is 125 cm³/mol. The van der Waals surface area contributed by atoms with Crippen LogP contribution in [-0.2, 0) is 4.79 Å². The number of alkyl halides is 3. The summed E-state index contributed by atoms with van der Waals surface area (Å²) in [6.45, 7) is 0. The smallest absolute Gasteiger partial charge is 0.340 e. The van der Waals surface area contributed by atoms with E-state index in [1.165, 1.54) is 54.6 Å². The first-order valence-corrected chi connectivity index (χ1v) is 10.3. The Balaban J connectivity index is 1.70. The van der Waals surface area contributed by atoms with Gasteiger partial charge in [-0.1, -0.05) is 24.3 Å². The first-order chi connectivity index (χ1) is 17.1. The number of hydrogen-bond acceptors (Lipinski definition) is 6. The number of aromatic nitrogens is 2. The highest BCUT2D eigenvalue weighted by molar-refractivity contribution is 5.98. The zero-order valence-corrected chi connectivity index (χ0v) is 18.2. The number of nitrogens with one attached hydrogen (secondary N) is 2. The quantitative estimate of drug-likeness (QED) is 0.273. The van der Waals surface area contributed by atoms with E-state index in [0.29, 0.717) is 16.8 Å². The van der Waals surface area contributed by atoms with Crippen LogP contribution in [0.2, 0.25) is 0 Å². The van der Waals surface area contributed by atoms with Gasteiger partial charge in [-0.05, 0) is 42.5 Å². The lowest BCUT2D eigenvalue weighted by Gasteiger charge is -2.11. The molecule has 3 aromatic carbocycles. The highest BCUT2D eigenvalue weighted by Crippen LogP contribution is 2.28. The average Bonchev–Trinajstić information content (AvgIpc) is 3.27. The number of nitro groups is 1. The van der Waals surface area contributed by atoms with Crippen LogP contribution in [0.4, 0.5) is 36.1 Å². The Morgan fingerprint density at radius 3 is 2.19 bits per heavy atom. The SMILES string of the molecule is O=C(c1ccccc1)n1nc(-c2ccc([N+](=O)[O-])cc2)cc1Nc1cccc(NC(=O)C(F)(F)F)c1. The van der Waals surface area contributed by atoms with E-state index in [1.54, 1.807) is 35.6 Å². The third kappa shape index (κ3) is 5.38. The highest BCUT2D eigenvalue weighted by Gasteiger charge is 2.38. The van der Waals surface area contributed by atoms with Crippen molar-refractivity contribution in [2.24, 2.45) is 0 Å². The molecule has 1 amide bonds. The van der Waals surface area contributed by atoms with E-state index in [9.17, 15) is 32.9 Å². The van der Waals surface area contributed by atoms with E-state index in [0.717, 1.165) is 4.68 Å². The molecule has 4 rings (SSSR count). The monoisotopic (exact) mass is 495 g/mol. The fourth-order valence-corrected chi connectivity index (χ4v) is 3.25. The van der Waals surface area contributed by atoms with Gasteiger partial charge in [0.2, 0.25) is 0 Å². The number of nitrogens with zero attached hydrogens (tertiary/aromatic N) is 3. The van der Waals surface area contributed by atoms with Gasteiger partial charge in [0.05, 0.1) is 10.6 Å². The number of rotatable bonds is 6. The Labute approximate surface area is 201 Å². The summed E-state index contributed by atoms with van der Waals surface area (Å²) in [5.74, 6) is -2.44. The molecule has 0 radical (unpaired) electrons. The minimum atomic E-state index is -5.05. The molecule has 0 atom stereocenters. The number of hydrogen-bond donors (Lipinski definition) is 2. The molecule has 1 aromatic heterocycles. The number of anilines is 3. The first kappa shape index (κ1) is 24.1. The number of non-ortho nitro benzene ring substituents is 1. The molecule has 0 aliphatic rings. The summed E-state index contributed by atoms with van der Waals surface area (Å²) in [6, 6.07) is 20.8. The molecule has 0 saturated carbocycles. The normalized spacial score (nSPS) is 11.1. The second-order valence-electron chi connectivity index (χ2n) is 7.46.